The maximum atomic E-state index is 10.6. The molecule has 2 atom stereocenters. The molecule has 3 rings (SSSR count). The number of nitrogens with one attached hydrogen (secondary N) is 1. The maximum Gasteiger partial charge on any atom is 0.0963 e. The van der Waals surface area contributed by atoms with Gasteiger partial charge in [0.1, 0.15) is 0 Å². The molecule has 0 aliphatic carbocycles. The van der Waals surface area contributed by atoms with Crippen LogP contribution in [0.1, 0.15) is 35.8 Å². The first-order valence-corrected chi connectivity index (χ1v) is 6.95. The zero-order valence-electron chi connectivity index (χ0n) is 11.5. The van der Waals surface area contributed by atoms with E-state index in [9.17, 15) is 5.11 Å². The highest BCUT2D eigenvalue weighted by Gasteiger charge is 2.25. The minimum atomic E-state index is -0.471. The summed E-state index contributed by atoms with van der Waals surface area (Å²) in [5.41, 5.74) is 4.11. The highest BCUT2D eigenvalue weighted by Crippen LogP contribution is 2.29. The lowest BCUT2D eigenvalue weighted by Crippen LogP contribution is -2.28. The molecule has 0 spiro atoms. The lowest BCUT2D eigenvalue weighted by atomic mass is 9.97. The number of aromatic nitrogens is 1. The SMILES string of the molecule is Cc1cc2cccc(C(O)[C@@H]3CCCN3)c2nc1C. The molecule has 0 saturated carbocycles. The number of fused-ring (bicyclic) bond motifs is 1. The van der Waals surface area contributed by atoms with Crippen molar-refractivity contribution >= 4 is 10.9 Å². The van der Waals surface area contributed by atoms with Crippen LogP contribution in [0.25, 0.3) is 10.9 Å². The van der Waals surface area contributed by atoms with Gasteiger partial charge in [-0.15, -0.1) is 0 Å². The summed E-state index contributed by atoms with van der Waals surface area (Å²) < 4.78 is 0. The molecule has 1 saturated heterocycles. The summed E-state index contributed by atoms with van der Waals surface area (Å²) in [6.45, 7) is 5.09. The molecule has 2 heterocycles. The first-order valence-electron chi connectivity index (χ1n) is 6.95. The van der Waals surface area contributed by atoms with Gasteiger partial charge in [-0.25, -0.2) is 0 Å². The Morgan fingerprint density at radius 3 is 2.95 bits per heavy atom. The van der Waals surface area contributed by atoms with Crippen LogP contribution in [0, 0.1) is 13.8 Å². The van der Waals surface area contributed by atoms with Crippen LogP contribution in [0.5, 0.6) is 0 Å². The maximum absolute atomic E-state index is 10.6. The van der Waals surface area contributed by atoms with Gasteiger partial charge in [0.2, 0.25) is 0 Å². The number of rotatable bonds is 2. The van der Waals surface area contributed by atoms with Gasteiger partial charge in [0.15, 0.2) is 0 Å². The second-order valence-electron chi connectivity index (χ2n) is 5.46. The van der Waals surface area contributed by atoms with E-state index >= 15 is 0 Å². The van der Waals surface area contributed by atoms with Crippen molar-refractivity contribution in [1.29, 1.82) is 0 Å². The van der Waals surface area contributed by atoms with Crippen molar-refractivity contribution in [3.05, 3.63) is 41.1 Å². The van der Waals surface area contributed by atoms with Gasteiger partial charge in [0.25, 0.3) is 0 Å². The molecular weight excluding hydrogens is 236 g/mol. The number of aliphatic hydroxyl groups is 1. The normalized spacial score (nSPS) is 20.9. The molecule has 1 unspecified atom stereocenters. The lowest BCUT2D eigenvalue weighted by molar-refractivity contribution is 0.139. The van der Waals surface area contributed by atoms with Crippen molar-refractivity contribution in [3.63, 3.8) is 0 Å². The largest absolute Gasteiger partial charge is 0.387 e. The fraction of sp³-hybridized carbons (Fsp3) is 0.438. The molecule has 2 aromatic rings. The lowest BCUT2D eigenvalue weighted by Gasteiger charge is -2.20. The molecule has 0 amide bonds. The quantitative estimate of drug-likeness (QED) is 0.868. The van der Waals surface area contributed by atoms with Crippen LogP contribution >= 0.6 is 0 Å². The van der Waals surface area contributed by atoms with E-state index in [0.717, 1.165) is 41.5 Å². The number of aliphatic hydroxyl groups excluding tert-OH is 1. The van der Waals surface area contributed by atoms with E-state index < -0.39 is 6.10 Å². The Bertz CT molecular complexity index is 603. The Kier molecular flexibility index (Phi) is 3.25. The van der Waals surface area contributed by atoms with Crippen LogP contribution < -0.4 is 5.32 Å². The van der Waals surface area contributed by atoms with E-state index in [-0.39, 0.29) is 6.04 Å². The molecule has 1 fully saturated rings. The zero-order chi connectivity index (χ0) is 13.4. The third-order valence-electron chi connectivity index (χ3n) is 4.12. The van der Waals surface area contributed by atoms with E-state index in [4.69, 9.17) is 0 Å². The topological polar surface area (TPSA) is 45.1 Å². The number of benzene rings is 1. The van der Waals surface area contributed by atoms with Gasteiger partial charge in [-0.3, -0.25) is 4.98 Å². The zero-order valence-corrected chi connectivity index (χ0v) is 11.5. The van der Waals surface area contributed by atoms with Gasteiger partial charge >= 0.3 is 0 Å². The summed E-state index contributed by atoms with van der Waals surface area (Å²) in [5.74, 6) is 0. The summed E-state index contributed by atoms with van der Waals surface area (Å²) in [4.78, 5) is 4.68. The van der Waals surface area contributed by atoms with Gasteiger partial charge < -0.3 is 10.4 Å². The molecule has 0 bridgehead atoms. The summed E-state index contributed by atoms with van der Waals surface area (Å²) in [6.07, 6.45) is 1.70. The number of pyridine rings is 1. The molecule has 1 aliphatic rings. The van der Waals surface area contributed by atoms with Crippen molar-refractivity contribution in [2.45, 2.75) is 38.8 Å². The number of aryl methyl sites for hydroxylation is 2. The van der Waals surface area contributed by atoms with E-state index in [0.29, 0.717) is 0 Å². The predicted molar refractivity (Wildman–Crippen MR) is 77.2 cm³/mol. The first-order chi connectivity index (χ1) is 9.16. The minimum absolute atomic E-state index is 0.161. The Hall–Kier alpha value is -1.45. The van der Waals surface area contributed by atoms with Crippen LogP contribution in [0.2, 0.25) is 0 Å². The molecular formula is C16H20N2O. The number of hydrogen-bond acceptors (Lipinski definition) is 3. The summed E-state index contributed by atoms with van der Waals surface area (Å²) in [5, 5.41) is 15.1. The van der Waals surface area contributed by atoms with Gasteiger partial charge in [0, 0.05) is 22.7 Å². The number of nitrogens with zero attached hydrogens (tertiary/aromatic N) is 1. The monoisotopic (exact) mass is 256 g/mol. The molecule has 3 nitrogen and oxygen atoms in total. The number of hydrogen-bond donors (Lipinski definition) is 2. The van der Waals surface area contributed by atoms with Crippen LogP contribution in [-0.2, 0) is 0 Å². The molecule has 100 valence electrons. The molecule has 0 radical (unpaired) electrons. The summed E-state index contributed by atoms with van der Waals surface area (Å²) in [7, 11) is 0. The molecule has 1 aromatic heterocycles. The molecule has 19 heavy (non-hydrogen) atoms. The summed E-state index contributed by atoms with van der Waals surface area (Å²) >= 11 is 0. The molecule has 1 aromatic carbocycles. The Labute approximate surface area is 113 Å². The fourth-order valence-corrected chi connectivity index (χ4v) is 2.86. The van der Waals surface area contributed by atoms with E-state index in [1.807, 2.05) is 19.1 Å². The van der Waals surface area contributed by atoms with E-state index in [2.05, 4.69) is 29.4 Å². The number of para-hydroxylation sites is 1. The van der Waals surface area contributed by atoms with Crippen LogP contribution in [-0.4, -0.2) is 22.7 Å². The van der Waals surface area contributed by atoms with Crippen molar-refractivity contribution in [1.82, 2.24) is 10.3 Å². The second-order valence-corrected chi connectivity index (χ2v) is 5.46. The summed E-state index contributed by atoms with van der Waals surface area (Å²) in [6, 6.07) is 8.37. The van der Waals surface area contributed by atoms with Gasteiger partial charge in [-0.05, 0) is 44.9 Å². The van der Waals surface area contributed by atoms with Crippen molar-refractivity contribution in [3.8, 4) is 0 Å². The third kappa shape index (κ3) is 2.24. The van der Waals surface area contributed by atoms with Crippen LogP contribution in [0.3, 0.4) is 0 Å². The average Bonchev–Trinajstić information content (AvgIpc) is 2.92. The smallest absolute Gasteiger partial charge is 0.0963 e. The predicted octanol–water partition coefficient (Wildman–Crippen LogP) is 2.64. The van der Waals surface area contributed by atoms with Gasteiger partial charge in [-0.2, -0.15) is 0 Å². The first kappa shape index (κ1) is 12.6. The highest BCUT2D eigenvalue weighted by molar-refractivity contribution is 5.83. The van der Waals surface area contributed by atoms with Crippen molar-refractivity contribution in [2.75, 3.05) is 6.54 Å². The van der Waals surface area contributed by atoms with E-state index in [1.54, 1.807) is 0 Å². The Balaban J connectivity index is 2.09. The van der Waals surface area contributed by atoms with Crippen LogP contribution in [0.15, 0.2) is 24.3 Å². The second kappa shape index (κ2) is 4.91. The molecule has 3 heteroatoms. The minimum Gasteiger partial charge on any atom is -0.387 e. The molecule has 1 aliphatic heterocycles. The van der Waals surface area contributed by atoms with Gasteiger partial charge in [-0.1, -0.05) is 18.2 Å². The fourth-order valence-electron chi connectivity index (χ4n) is 2.86. The van der Waals surface area contributed by atoms with Gasteiger partial charge in [0.05, 0.1) is 11.6 Å². The van der Waals surface area contributed by atoms with Crippen molar-refractivity contribution in [2.24, 2.45) is 0 Å². The van der Waals surface area contributed by atoms with Crippen LogP contribution in [0.4, 0.5) is 0 Å². The highest BCUT2D eigenvalue weighted by atomic mass is 16.3. The van der Waals surface area contributed by atoms with Crippen molar-refractivity contribution < 1.29 is 5.11 Å². The standard InChI is InChI=1S/C16H20N2O/c1-10-9-12-5-3-6-13(15(12)18-11(10)2)16(19)14-7-4-8-17-14/h3,5-6,9,14,16-17,19H,4,7-8H2,1-2H3/t14-,16?/m0/s1. The Morgan fingerprint density at radius 1 is 1.37 bits per heavy atom. The third-order valence-corrected chi connectivity index (χ3v) is 4.12. The van der Waals surface area contributed by atoms with E-state index in [1.165, 1.54) is 5.56 Å². The Morgan fingerprint density at radius 2 is 2.21 bits per heavy atom. The molecule has 2 N–H and O–H groups in total. The average molecular weight is 256 g/mol.